The molecule has 0 atom stereocenters. The Bertz CT molecular complexity index is 779. The van der Waals surface area contributed by atoms with E-state index in [4.69, 9.17) is 0 Å². The van der Waals surface area contributed by atoms with E-state index in [0.717, 1.165) is 15.4 Å². The van der Waals surface area contributed by atoms with Gasteiger partial charge in [0.05, 0.1) is 12.2 Å². The van der Waals surface area contributed by atoms with Crippen LogP contribution in [0.2, 0.25) is 0 Å². The molecule has 0 saturated carbocycles. The number of amides is 1. The molecule has 0 fully saturated rings. The predicted molar refractivity (Wildman–Crippen MR) is 87.7 cm³/mol. The molecule has 0 bridgehead atoms. The van der Waals surface area contributed by atoms with Gasteiger partial charge in [-0.1, -0.05) is 6.07 Å². The zero-order valence-electron chi connectivity index (χ0n) is 11.8. The van der Waals surface area contributed by atoms with Crippen LogP contribution >= 0.6 is 22.7 Å². The minimum absolute atomic E-state index is 0.128. The Labute approximate surface area is 135 Å². The predicted octanol–water partition coefficient (Wildman–Crippen LogP) is 4.25. The lowest BCUT2D eigenvalue weighted by Gasteiger charge is -2.01. The molecule has 2 aromatic heterocycles. The van der Waals surface area contributed by atoms with Gasteiger partial charge in [-0.05, 0) is 42.6 Å². The first kappa shape index (κ1) is 14.9. The van der Waals surface area contributed by atoms with E-state index in [0.29, 0.717) is 17.1 Å². The number of carbonyl (C=O) groups excluding carboxylic acids is 1. The van der Waals surface area contributed by atoms with Crippen molar-refractivity contribution in [1.29, 1.82) is 0 Å². The van der Waals surface area contributed by atoms with Crippen LogP contribution in [0.3, 0.4) is 0 Å². The monoisotopic (exact) mass is 332 g/mol. The van der Waals surface area contributed by atoms with E-state index in [2.05, 4.69) is 10.3 Å². The van der Waals surface area contributed by atoms with Crippen LogP contribution < -0.4 is 5.32 Å². The zero-order chi connectivity index (χ0) is 15.5. The maximum Gasteiger partial charge on any atom is 0.263 e. The van der Waals surface area contributed by atoms with Gasteiger partial charge >= 0.3 is 0 Å². The molecule has 0 radical (unpaired) electrons. The van der Waals surface area contributed by atoms with E-state index in [1.165, 1.54) is 23.5 Å². The fraction of sp³-hybridized carbons (Fsp3) is 0.125. The third kappa shape index (κ3) is 3.23. The summed E-state index contributed by atoms with van der Waals surface area (Å²) in [6.07, 6.45) is 0. The lowest BCUT2D eigenvalue weighted by Crippen LogP contribution is -2.22. The molecule has 6 heteroatoms. The van der Waals surface area contributed by atoms with Crippen LogP contribution in [0.5, 0.6) is 0 Å². The Morgan fingerprint density at radius 1 is 1.27 bits per heavy atom. The topological polar surface area (TPSA) is 42.0 Å². The molecule has 22 heavy (non-hydrogen) atoms. The van der Waals surface area contributed by atoms with Gasteiger partial charge < -0.3 is 5.32 Å². The zero-order valence-corrected chi connectivity index (χ0v) is 13.4. The summed E-state index contributed by atoms with van der Waals surface area (Å²) in [5.74, 6) is -0.414. The maximum absolute atomic E-state index is 13.0. The lowest BCUT2D eigenvalue weighted by atomic mass is 10.2. The molecule has 3 rings (SSSR count). The summed E-state index contributed by atoms with van der Waals surface area (Å²) in [7, 11) is 0. The highest BCUT2D eigenvalue weighted by atomic mass is 32.1. The highest BCUT2D eigenvalue weighted by molar-refractivity contribution is 7.17. The van der Waals surface area contributed by atoms with Crippen LogP contribution in [-0.4, -0.2) is 10.9 Å². The van der Waals surface area contributed by atoms with Gasteiger partial charge in [0, 0.05) is 10.4 Å². The van der Waals surface area contributed by atoms with Crippen LogP contribution in [0.4, 0.5) is 4.39 Å². The third-order valence-corrected chi connectivity index (χ3v) is 5.18. The lowest BCUT2D eigenvalue weighted by molar-refractivity contribution is 0.0954. The Morgan fingerprint density at radius 2 is 2.05 bits per heavy atom. The van der Waals surface area contributed by atoms with Gasteiger partial charge in [-0.25, -0.2) is 9.37 Å². The molecule has 2 heterocycles. The van der Waals surface area contributed by atoms with Crippen LogP contribution in [-0.2, 0) is 6.54 Å². The molecule has 1 amide bonds. The molecule has 0 aliphatic carbocycles. The van der Waals surface area contributed by atoms with E-state index in [9.17, 15) is 9.18 Å². The maximum atomic E-state index is 13.0. The normalized spacial score (nSPS) is 10.6. The van der Waals surface area contributed by atoms with Gasteiger partial charge in [0.2, 0.25) is 0 Å². The number of nitrogens with one attached hydrogen (secondary N) is 1. The average molecular weight is 332 g/mol. The summed E-state index contributed by atoms with van der Waals surface area (Å²) in [6.45, 7) is 2.32. The molecule has 0 aliphatic heterocycles. The highest BCUT2D eigenvalue weighted by Crippen LogP contribution is 2.28. The summed E-state index contributed by atoms with van der Waals surface area (Å²) < 4.78 is 13.0. The summed E-state index contributed by atoms with van der Waals surface area (Å²) in [4.78, 5) is 18.4. The van der Waals surface area contributed by atoms with Gasteiger partial charge in [-0.15, -0.1) is 22.7 Å². The summed E-state index contributed by atoms with van der Waals surface area (Å²) >= 11 is 2.93. The van der Waals surface area contributed by atoms with Crippen LogP contribution in [0, 0.1) is 12.7 Å². The Kier molecular flexibility index (Phi) is 4.31. The number of aryl methyl sites for hydroxylation is 1. The van der Waals surface area contributed by atoms with Crippen molar-refractivity contribution in [3.8, 4) is 10.6 Å². The average Bonchev–Trinajstić information content (AvgIpc) is 3.15. The van der Waals surface area contributed by atoms with Crippen molar-refractivity contribution in [2.75, 3.05) is 0 Å². The van der Waals surface area contributed by atoms with Crippen molar-refractivity contribution in [2.24, 2.45) is 0 Å². The number of benzene rings is 1. The number of nitrogens with zero attached hydrogens (tertiary/aromatic N) is 1. The fourth-order valence-electron chi connectivity index (χ4n) is 1.98. The Hall–Kier alpha value is -2.05. The van der Waals surface area contributed by atoms with Crippen molar-refractivity contribution in [3.63, 3.8) is 0 Å². The number of rotatable bonds is 4. The summed E-state index contributed by atoms with van der Waals surface area (Å²) in [5, 5.41) is 5.60. The summed E-state index contributed by atoms with van der Waals surface area (Å²) in [6, 6.07) is 10.1. The van der Waals surface area contributed by atoms with Gasteiger partial charge in [0.1, 0.15) is 15.7 Å². The first-order valence-electron chi connectivity index (χ1n) is 6.67. The minimum Gasteiger partial charge on any atom is -0.346 e. The van der Waals surface area contributed by atoms with Gasteiger partial charge in [0.15, 0.2) is 0 Å². The van der Waals surface area contributed by atoms with Gasteiger partial charge in [-0.2, -0.15) is 0 Å². The second-order valence-corrected chi connectivity index (χ2v) is 6.73. The number of hydrogen-bond acceptors (Lipinski definition) is 4. The summed E-state index contributed by atoms with van der Waals surface area (Å²) in [5.41, 5.74) is 1.50. The van der Waals surface area contributed by atoms with Crippen molar-refractivity contribution in [2.45, 2.75) is 13.5 Å². The Balaban J connectivity index is 1.76. The molecule has 0 saturated heterocycles. The number of halogens is 1. The second kappa shape index (κ2) is 6.37. The quantitative estimate of drug-likeness (QED) is 0.776. The van der Waals surface area contributed by atoms with E-state index >= 15 is 0 Å². The molecule has 1 aromatic carbocycles. The number of thiophene rings is 1. The fourth-order valence-corrected chi connectivity index (χ4v) is 3.62. The van der Waals surface area contributed by atoms with E-state index in [1.54, 1.807) is 23.5 Å². The second-order valence-electron chi connectivity index (χ2n) is 4.70. The number of thiazole rings is 1. The van der Waals surface area contributed by atoms with Crippen LogP contribution in [0.1, 0.15) is 20.2 Å². The molecular formula is C16H13FN2OS2. The standard InChI is InChI=1S/C16H13FN2OS2/c1-10-14(15(20)18-9-13-3-2-8-21-13)22-16(19-10)11-4-6-12(17)7-5-11/h2-8H,9H2,1H3,(H,18,20). The van der Waals surface area contributed by atoms with E-state index in [-0.39, 0.29) is 11.7 Å². The largest absolute Gasteiger partial charge is 0.346 e. The van der Waals surface area contributed by atoms with Crippen molar-refractivity contribution in [1.82, 2.24) is 10.3 Å². The molecule has 3 nitrogen and oxygen atoms in total. The molecule has 0 unspecified atom stereocenters. The first-order valence-corrected chi connectivity index (χ1v) is 8.37. The van der Waals surface area contributed by atoms with Crippen LogP contribution in [0.15, 0.2) is 41.8 Å². The molecule has 0 spiro atoms. The van der Waals surface area contributed by atoms with Gasteiger partial charge in [-0.3, -0.25) is 4.79 Å². The third-order valence-electron chi connectivity index (χ3n) is 3.10. The smallest absolute Gasteiger partial charge is 0.263 e. The molecular weight excluding hydrogens is 319 g/mol. The SMILES string of the molecule is Cc1nc(-c2ccc(F)cc2)sc1C(=O)NCc1cccs1. The molecule has 1 N–H and O–H groups in total. The van der Waals surface area contributed by atoms with Gasteiger partial charge in [0.25, 0.3) is 5.91 Å². The first-order chi connectivity index (χ1) is 10.6. The van der Waals surface area contributed by atoms with Crippen molar-refractivity contribution < 1.29 is 9.18 Å². The minimum atomic E-state index is -0.286. The molecule has 0 aliphatic rings. The number of carbonyl (C=O) groups is 1. The van der Waals surface area contributed by atoms with E-state index in [1.807, 2.05) is 24.4 Å². The number of aromatic nitrogens is 1. The highest BCUT2D eigenvalue weighted by Gasteiger charge is 2.16. The van der Waals surface area contributed by atoms with Crippen LogP contribution in [0.25, 0.3) is 10.6 Å². The molecule has 3 aromatic rings. The molecule has 112 valence electrons. The Morgan fingerprint density at radius 3 is 2.73 bits per heavy atom. The number of hydrogen-bond donors (Lipinski definition) is 1. The van der Waals surface area contributed by atoms with Crippen molar-refractivity contribution in [3.05, 3.63) is 63.0 Å². The van der Waals surface area contributed by atoms with E-state index < -0.39 is 0 Å². The van der Waals surface area contributed by atoms with Crippen molar-refractivity contribution >= 4 is 28.6 Å².